The Morgan fingerprint density at radius 2 is 1.49 bits per heavy atom. The Labute approximate surface area is 258 Å². The average Bonchev–Trinajstić information content (AvgIpc) is 2.97. The molecule has 3 aromatic carbocycles. The molecule has 0 aliphatic rings. The van der Waals surface area contributed by atoms with Gasteiger partial charge in [0, 0.05) is 23.2 Å². The molecule has 3 aromatic rings. The first kappa shape index (κ1) is 33.5. The second-order valence-electron chi connectivity index (χ2n) is 10.8. The summed E-state index contributed by atoms with van der Waals surface area (Å²) in [5, 5.41) is 3.13. The SMILES string of the molecule is COc1ccc(S(=O)(=O)N(CC(=O)N(Cc2ccccc2)[C@@H](C)C(=O)NC(C)(C)C)c2cc(Cl)ccc2OC)cc1OC. The van der Waals surface area contributed by atoms with Crippen LogP contribution < -0.4 is 23.8 Å². The number of nitrogens with zero attached hydrogens (tertiary/aromatic N) is 2. The van der Waals surface area contributed by atoms with E-state index in [9.17, 15) is 18.0 Å². The van der Waals surface area contributed by atoms with E-state index in [0.29, 0.717) is 5.75 Å². The van der Waals surface area contributed by atoms with Crippen LogP contribution in [0.2, 0.25) is 5.02 Å². The molecule has 3 rings (SSSR count). The molecule has 0 bridgehead atoms. The van der Waals surface area contributed by atoms with E-state index in [1.54, 1.807) is 13.0 Å². The van der Waals surface area contributed by atoms with Crippen LogP contribution in [0, 0.1) is 0 Å². The number of anilines is 1. The van der Waals surface area contributed by atoms with Crippen LogP contribution in [-0.2, 0) is 26.2 Å². The first-order valence-corrected chi connectivity index (χ1v) is 15.3. The van der Waals surface area contributed by atoms with E-state index in [2.05, 4.69) is 5.32 Å². The molecule has 0 saturated heterocycles. The number of carbonyl (C=O) groups is 2. The molecule has 0 aliphatic carbocycles. The topological polar surface area (TPSA) is 114 Å². The van der Waals surface area contributed by atoms with Crippen molar-refractivity contribution in [1.82, 2.24) is 10.2 Å². The van der Waals surface area contributed by atoms with Crippen LogP contribution in [0.15, 0.2) is 71.6 Å². The molecule has 0 unspecified atom stereocenters. The highest BCUT2D eigenvalue weighted by molar-refractivity contribution is 7.92. The highest BCUT2D eigenvalue weighted by Crippen LogP contribution is 2.37. The van der Waals surface area contributed by atoms with Gasteiger partial charge in [0.25, 0.3) is 10.0 Å². The normalized spacial score (nSPS) is 12.2. The van der Waals surface area contributed by atoms with Crippen LogP contribution in [0.3, 0.4) is 0 Å². The molecule has 43 heavy (non-hydrogen) atoms. The Morgan fingerprint density at radius 3 is 2.07 bits per heavy atom. The quantitative estimate of drug-likeness (QED) is 0.303. The second kappa shape index (κ2) is 14.0. The molecule has 0 heterocycles. The van der Waals surface area contributed by atoms with Crippen LogP contribution >= 0.6 is 11.6 Å². The zero-order valence-electron chi connectivity index (χ0n) is 25.4. The monoisotopic (exact) mass is 631 g/mol. The Hall–Kier alpha value is -3.96. The maximum absolute atomic E-state index is 14.3. The lowest BCUT2D eigenvalue weighted by atomic mass is 10.1. The number of hydrogen-bond acceptors (Lipinski definition) is 7. The number of methoxy groups -OCH3 is 3. The van der Waals surface area contributed by atoms with Crippen molar-refractivity contribution in [2.24, 2.45) is 0 Å². The van der Waals surface area contributed by atoms with Gasteiger partial charge in [-0.3, -0.25) is 13.9 Å². The number of carbonyl (C=O) groups excluding carboxylic acids is 2. The molecule has 0 aliphatic heterocycles. The molecular formula is C31H38ClN3O7S. The first-order chi connectivity index (χ1) is 20.2. The van der Waals surface area contributed by atoms with Gasteiger partial charge in [0.05, 0.1) is 31.9 Å². The van der Waals surface area contributed by atoms with E-state index in [1.807, 2.05) is 51.1 Å². The number of hydrogen-bond donors (Lipinski definition) is 1. The number of amides is 2. The summed E-state index contributed by atoms with van der Waals surface area (Å²) < 4.78 is 45.5. The molecule has 0 saturated carbocycles. The average molecular weight is 632 g/mol. The molecule has 0 aromatic heterocycles. The largest absolute Gasteiger partial charge is 0.495 e. The smallest absolute Gasteiger partial charge is 0.265 e. The third-order valence-electron chi connectivity index (χ3n) is 6.49. The number of benzene rings is 3. The summed E-state index contributed by atoms with van der Waals surface area (Å²) >= 11 is 6.30. The van der Waals surface area contributed by atoms with Gasteiger partial charge in [-0.2, -0.15) is 0 Å². The van der Waals surface area contributed by atoms with E-state index in [1.165, 1.54) is 56.6 Å². The van der Waals surface area contributed by atoms with E-state index < -0.39 is 34.1 Å². The minimum Gasteiger partial charge on any atom is -0.495 e. The van der Waals surface area contributed by atoms with E-state index in [-0.39, 0.29) is 39.6 Å². The first-order valence-electron chi connectivity index (χ1n) is 13.5. The van der Waals surface area contributed by atoms with E-state index >= 15 is 0 Å². The van der Waals surface area contributed by atoms with Crippen LogP contribution in [0.25, 0.3) is 0 Å². The van der Waals surface area contributed by atoms with Crippen molar-refractivity contribution >= 4 is 39.1 Å². The highest BCUT2D eigenvalue weighted by Gasteiger charge is 2.35. The number of sulfonamides is 1. The highest BCUT2D eigenvalue weighted by atomic mass is 35.5. The van der Waals surface area contributed by atoms with Gasteiger partial charge in [-0.15, -0.1) is 0 Å². The van der Waals surface area contributed by atoms with E-state index in [0.717, 1.165) is 9.87 Å². The number of ether oxygens (including phenoxy) is 3. The molecule has 0 fully saturated rings. The number of nitrogens with one attached hydrogen (secondary N) is 1. The van der Waals surface area contributed by atoms with Gasteiger partial charge in [0.2, 0.25) is 11.8 Å². The van der Waals surface area contributed by atoms with Crippen molar-refractivity contribution in [1.29, 1.82) is 0 Å². The molecule has 10 nitrogen and oxygen atoms in total. The van der Waals surface area contributed by atoms with Crippen molar-refractivity contribution < 1.29 is 32.2 Å². The lowest BCUT2D eigenvalue weighted by Crippen LogP contribution is -2.54. The third-order valence-corrected chi connectivity index (χ3v) is 8.48. The van der Waals surface area contributed by atoms with Crippen molar-refractivity contribution in [3.63, 3.8) is 0 Å². The minimum absolute atomic E-state index is 0.0459. The maximum Gasteiger partial charge on any atom is 0.265 e. The maximum atomic E-state index is 14.3. The summed E-state index contributed by atoms with van der Waals surface area (Å²) in [6.07, 6.45) is 0. The minimum atomic E-state index is -4.43. The number of rotatable bonds is 12. The predicted octanol–water partition coefficient (Wildman–Crippen LogP) is 4.89. The molecule has 0 radical (unpaired) electrons. The molecule has 1 atom stereocenters. The summed E-state index contributed by atoms with van der Waals surface area (Å²) in [5.41, 5.74) is 0.259. The summed E-state index contributed by atoms with van der Waals surface area (Å²) in [7, 11) is -0.214. The Morgan fingerprint density at radius 1 is 0.884 bits per heavy atom. The number of halogens is 1. The fourth-order valence-corrected chi connectivity index (χ4v) is 5.91. The van der Waals surface area contributed by atoms with Crippen LogP contribution in [0.4, 0.5) is 5.69 Å². The fourth-order valence-electron chi connectivity index (χ4n) is 4.31. The Bertz CT molecular complexity index is 1540. The third kappa shape index (κ3) is 8.32. The van der Waals surface area contributed by atoms with Gasteiger partial charge in [0.1, 0.15) is 18.3 Å². The van der Waals surface area contributed by atoms with Gasteiger partial charge in [0.15, 0.2) is 11.5 Å². The zero-order chi connectivity index (χ0) is 31.9. The lowest BCUT2D eigenvalue weighted by molar-refractivity contribution is -0.140. The van der Waals surface area contributed by atoms with E-state index in [4.69, 9.17) is 25.8 Å². The molecule has 1 N–H and O–H groups in total. The van der Waals surface area contributed by atoms with Crippen LogP contribution in [0.5, 0.6) is 17.2 Å². The summed E-state index contributed by atoms with van der Waals surface area (Å²) in [5.74, 6) is -0.310. The molecule has 0 spiro atoms. The van der Waals surface area contributed by atoms with Crippen molar-refractivity contribution in [2.75, 3.05) is 32.2 Å². The molecular weight excluding hydrogens is 594 g/mol. The summed E-state index contributed by atoms with van der Waals surface area (Å²) in [4.78, 5) is 28.6. The van der Waals surface area contributed by atoms with Gasteiger partial charge in [-0.1, -0.05) is 41.9 Å². The molecule has 12 heteroatoms. The fraction of sp³-hybridized carbons (Fsp3) is 0.355. The van der Waals surface area contributed by atoms with Crippen LogP contribution in [-0.4, -0.2) is 64.6 Å². The van der Waals surface area contributed by atoms with Crippen molar-refractivity contribution in [3.8, 4) is 17.2 Å². The standard InChI is InChI=1S/C31H38ClN3O7S/c1-21(30(37)33-31(2,3)4)34(19-22-11-9-8-10-12-22)29(36)20-35(25-17-23(32)13-15-26(25)40-5)43(38,39)24-14-16-27(41-6)28(18-24)42-7/h8-18,21H,19-20H2,1-7H3,(H,33,37)/t21-/m0/s1. The Balaban J connectivity index is 2.14. The Kier molecular flexibility index (Phi) is 10.9. The van der Waals surface area contributed by atoms with Gasteiger partial charge < -0.3 is 24.4 Å². The van der Waals surface area contributed by atoms with Crippen LogP contribution in [0.1, 0.15) is 33.3 Å². The van der Waals surface area contributed by atoms with Gasteiger partial charge in [-0.25, -0.2) is 8.42 Å². The molecule has 232 valence electrons. The molecule has 2 amide bonds. The van der Waals surface area contributed by atoms with Crippen molar-refractivity contribution in [2.45, 2.75) is 50.7 Å². The zero-order valence-corrected chi connectivity index (χ0v) is 27.0. The van der Waals surface area contributed by atoms with Gasteiger partial charge >= 0.3 is 0 Å². The summed E-state index contributed by atoms with van der Waals surface area (Å²) in [6.45, 7) is 6.52. The summed E-state index contributed by atoms with van der Waals surface area (Å²) in [6, 6.07) is 16.8. The predicted molar refractivity (Wildman–Crippen MR) is 166 cm³/mol. The lowest BCUT2D eigenvalue weighted by Gasteiger charge is -2.33. The van der Waals surface area contributed by atoms with Gasteiger partial charge in [-0.05, 0) is 63.6 Å². The second-order valence-corrected chi connectivity index (χ2v) is 13.1. The van der Waals surface area contributed by atoms with Crippen molar-refractivity contribution in [3.05, 3.63) is 77.3 Å².